The van der Waals surface area contributed by atoms with E-state index in [2.05, 4.69) is 10.4 Å². The van der Waals surface area contributed by atoms with Crippen molar-refractivity contribution in [3.05, 3.63) is 42.7 Å². The molecule has 0 aliphatic heterocycles. The second-order valence-electron chi connectivity index (χ2n) is 4.34. The standard InChI is InChI=1S/C14H18N4O/c1-2-6-12(14(19)17-15)18-10-9-16-13(18)11-7-4-3-5-8-11/h3-5,7-10,12H,2,6,15H2,1H3,(H,17,19). The number of rotatable bonds is 5. The van der Waals surface area contributed by atoms with Crippen molar-refractivity contribution in [2.24, 2.45) is 5.84 Å². The minimum atomic E-state index is -0.326. The molecule has 1 amide bonds. The van der Waals surface area contributed by atoms with Crippen LogP contribution in [0, 0.1) is 0 Å². The summed E-state index contributed by atoms with van der Waals surface area (Å²) in [5.74, 6) is 5.85. The maximum absolute atomic E-state index is 11.9. The predicted molar refractivity (Wildman–Crippen MR) is 73.9 cm³/mol. The maximum atomic E-state index is 11.9. The summed E-state index contributed by atoms with van der Waals surface area (Å²) in [6.45, 7) is 2.04. The van der Waals surface area contributed by atoms with E-state index in [4.69, 9.17) is 5.84 Å². The van der Waals surface area contributed by atoms with E-state index in [-0.39, 0.29) is 11.9 Å². The number of carbonyl (C=O) groups excluding carboxylic acids is 1. The van der Waals surface area contributed by atoms with Crippen molar-refractivity contribution >= 4 is 5.91 Å². The van der Waals surface area contributed by atoms with E-state index in [9.17, 15) is 4.79 Å². The van der Waals surface area contributed by atoms with E-state index >= 15 is 0 Å². The number of amides is 1. The van der Waals surface area contributed by atoms with Gasteiger partial charge in [-0.1, -0.05) is 43.7 Å². The monoisotopic (exact) mass is 258 g/mol. The topological polar surface area (TPSA) is 72.9 Å². The van der Waals surface area contributed by atoms with Crippen molar-refractivity contribution < 1.29 is 4.79 Å². The van der Waals surface area contributed by atoms with Crippen LogP contribution in [0.25, 0.3) is 11.4 Å². The number of nitrogens with zero attached hydrogens (tertiary/aromatic N) is 2. The Kier molecular flexibility index (Phi) is 4.30. The molecule has 1 aromatic carbocycles. The highest BCUT2D eigenvalue weighted by Gasteiger charge is 2.21. The Morgan fingerprint density at radius 3 is 2.79 bits per heavy atom. The molecule has 1 aromatic heterocycles. The summed E-state index contributed by atoms with van der Waals surface area (Å²) >= 11 is 0. The summed E-state index contributed by atoms with van der Waals surface area (Å²) in [4.78, 5) is 16.2. The van der Waals surface area contributed by atoms with Gasteiger partial charge in [0.25, 0.3) is 5.91 Å². The van der Waals surface area contributed by atoms with Crippen molar-refractivity contribution in [2.45, 2.75) is 25.8 Å². The summed E-state index contributed by atoms with van der Waals surface area (Å²) in [5, 5.41) is 0. The van der Waals surface area contributed by atoms with Crippen LogP contribution in [0.5, 0.6) is 0 Å². The van der Waals surface area contributed by atoms with Gasteiger partial charge in [0.15, 0.2) is 0 Å². The lowest BCUT2D eigenvalue weighted by molar-refractivity contribution is -0.124. The van der Waals surface area contributed by atoms with E-state index in [1.54, 1.807) is 6.20 Å². The number of nitrogens with one attached hydrogen (secondary N) is 1. The third kappa shape index (κ3) is 2.82. The molecule has 2 rings (SSSR count). The maximum Gasteiger partial charge on any atom is 0.256 e. The van der Waals surface area contributed by atoms with Gasteiger partial charge in [0.05, 0.1) is 0 Å². The summed E-state index contributed by atoms with van der Waals surface area (Å²) in [6.07, 6.45) is 5.14. The van der Waals surface area contributed by atoms with Crippen molar-refractivity contribution in [2.75, 3.05) is 0 Å². The van der Waals surface area contributed by atoms with Crippen LogP contribution in [0.2, 0.25) is 0 Å². The van der Waals surface area contributed by atoms with Crippen molar-refractivity contribution in [1.29, 1.82) is 0 Å². The highest BCUT2D eigenvalue weighted by molar-refractivity contribution is 5.80. The zero-order valence-corrected chi connectivity index (χ0v) is 10.9. The fourth-order valence-corrected chi connectivity index (χ4v) is 2.14. The smallest absolute Gasteiger partial charge is 0.256 e. The molecule has 0 aliphatic rings. The number of hydrogen-bond donors (Lipinski definition) is 2. The fraction of sp³-hybridized carbons (Fsp3) is 0.286. The Morgan fingerprint density at radius 1 is 1.42 bits per heavy atom. The summed E-state index contributed by atoms with van der Waals surface area (Å²) < 4.78 is 1.88. The van der Waals surface area contributed by atoms with Crippen molar-refractivity contribution in [3.63, 3.8) is 0 Å². The van der Waals surface area contributed by atoms with Crippen LogP contribution >= 0.6 is 0 Å². The second-order valence-corrected chi connectivity index (χ2v) is 4.34. The van der Waals surface area contributed by atoms with Gasteiger partial charge >= 0.3 is 0 Å². The first kappa shape index (κ1) is 13.3. The number of hydrazine groups is 1. The third-order valence-corrected chi connectivity index (χ3v) is 3.04. The van der Waals surface area contributed by atoms with Crippen LogP contribution < -0.4 is 11.3 Å². The SMILES string of the molecule is CCCC(C(=O)NN)n1ccnc1-c1ccccc1. The molecule has 1 heterocycles. The Labute approximate surface area is 112 Å². The Bertz CT molecular complexity index is 535. The van der Waals surface area contributed by atoms with Crippen LogP contribution in [0.1, 0.15) is 25.8 Å². The van der Waals surface area contributed by atoms with Gasteiger partial charge in [0.1, 0.15) is 11.9 Å². The van der Waals surface area contributed by atoms with Gasteiger partial charge in [-0.3, -0.25) is 10.2 Å². The molecule has 19 heavy (non-hydrogen) atoms. The molecule has 0 saturated carbocycles. The van der Waals surface area contributed by atoms with Gasteiger partial charge in [0.2, 0.25) is 0 Å². The molecule has 0 fully saturated rings. The lowest BCUT2D eigenvalue weighted by Crippen LogP contribution is -2.37. The molecule has 0 aliphatic carbocycles. The van der Waals surface area contributed by atoms with Gasteiger partial charge in [-0.05, 0) is 6.42 Å². The first-order valence-corrected chi connectivity index (χ1v) is 6.36. The first-order chi connectivity index (χ1) is 9.27. The van der Waals surface area contributed by atoms with Crippen LogP contribution in [-0.2, 0) is 4.79 Å². The zero-order chi connectivity index (χ0) is 13.7. The zero-order valence-electron chi connectivity index (χ0n) is 10.9. The minimum Gasteiger partial charge on any atom is -0.318 e. The van der Waals surface area contributed by atoms with Gasteiger partial charge < -0.3 is 4.57 Å². The lowest BCUT2D eigenvalue weighted by atomic mass is 10.1. The van der Waals surface area contributed by atoms with E-state index in [1.165, 1.54) is 0 Å². The van der Waals surface area contributed by atoms with Crippen molar-refractivity contribution in [3.8, 4) is 11.4 Å². The molecule has 2 aromatic rings. The van der Waals surface area contributed by atoms with Gasteiger partial charge in [-0.25, -0.2) is 10.8 Å². The number of imidazole rings is 1. The summed E-state index contributed by atoms with van der Waals surface area (Å²) in [7, 11) is 0. The molecule has 3 N–H and O–H groups in total. The largest absolute Gasteiger partial charge is 0.318 e. The van der Waals surface area contributed by atoms with E-state index in [0.29, 0.717) is 0 Å². The first-order valence-electron chi connectivity index (χ1n) is 6.36. The molecule has 0 radical (unpaired) electrons. The molecule has 1 unspecified atom stereocenters. The second kappa shape index (κ2) is 6.15. The van der Waals surface area contributed by atoms with E-state index < -0.39 is 0 Å². The van der Waals surface area contributed by atoms with Gasteiger partial charge in [0, 0.05) is 18.0 Å². The Hall–Kier alpha value is -2.14. The van der Waals surface area contributed by atoms with Crippen LogP contribution in [0.4, 0.5) is 0 Å². The molecular formula is C14H18N4O. The molecule has 5 heteroatoms. The van der Waals surface area contributed by atoms with Gasteiger partial charge in [-0.2, -0.15) is 0 Å². The molecular weight excluding hydrogens is 240 g/mol. The molecule has 0 bridgehead atoms. The molecule has 0 spiro atoms. The summed E-state index contributed by atoms with van der Waals surface area (Å²) in [5.41, 5.74) is 3.21. The van der Waals surface area contributed by atoms with E-state index in [1.807, 2.05) is 48.0 Å². The lowest BCUT2D eigenvalue weighted by Gasteiger charge is -2.18. The highest BCUT2D eigenvalue weighted by Crippen LogP contribution is 2.23. The minimum absolute atomic E-state index is 0.197. The average Bonchev–Trinajstić information content (AvgIpc) is 2.94. The number of aromatic nitrogens is 2. The van der Waals surface area contributed by atoms with Crippen LogP contribution in [-0.4, -0.2) is 15.5 Å². The average molecular weight is 258 g/mol. The Balaban J connectivity index is 2.39. The third-order valence-electron chi connectivity index (χ3n) is 3.04. The van der Waals surface area contributed by atoms with Crippen LogP contribution in [0.15, 0.2) is 42.7 Å². The van der Waals surface area contributed by atoms with Crippen molar-refractivity contribution in [1.82, 2.24) is 15.0 Å². The number of carbonyl (C=O) groups is 1. The molecule has 100 valence electrons. The quantitative estimate of drug-likeness (QED) is 0.488. The number of benzene rings is 1. The number of hydrogen-bond acceptors (Lipinski definition) is 3. The molecule has 1 atom stereocenters. The molecule has 0 saturated heterocycles. The fourth-order valence-electron chi connectivity index (χ4n) is 2.14. The highest BCUT2D eigenvalue weighted by atomic mass is 16.2. The number of nitrogens with two attached hydrogens (primary N) is 1. The molecule has 5 nitrogen and oxygen atoms in total. The normalized spacial score (nSPS) is 12.1. The summed E-state index contributed by atoms with van der Waals surface area (Å²) in [6, 6.07) is 9.48. The Morgan fingerprint density at radius 2 is 2.16 bits per heavy atom. The van der Waals surface area contributed by atoms with Gasteiger partial charge in [-0.15, -0.1) is 0 Å². The van der Waals surface area contributed by atoms with E-state index in [0.717, 1.165) is 24.2 Å². The predicted octanol–water partition coefficient (Wildman–Crippen LogP) is 1.88. The van der Waals surface area contributed by atoms with Crippen LogP contribution in [0.3, 0.4) is 0 Å².